The van der Waals surface area contributed by atoms with Crippen LogP contribution >= 0.6 is 0 Å². The molecule has 1 aromatic rings. The summed E-state index contributed by atoms with van der Waals surface area (Å²) in [6, 6.07) is 8.64. The summed E-state index contributed by atoms with van der Waals surface area (Å²) in [6.07, 6.45) is -0.862. The molecule has 27 heavy (non-hydrogen) atoms. The fourth-order valence-corrected chi connectivity index (χ4v) is 4.80. The van der Waals surface area contributed by atoms with Crippen LogP contribution in [-0.2, 0) is 29.5 Å². The molecule has 2 aliphatic rings. The molecule has 0 radical (unpaired) electrons. The van der Waals surface area contributed by atoms with E-state index in [-0.39, 0.29) is 11.9 Å². The van der Waals surface area contributed by atoms with E-state index in [9.17, 15) is 18.6 Å². The molecule has 0 amide bonds. The van der Waals surface area contributed by atoms with Gasteiger partial charge in [-0.1, -0.05) is 49.6 Å². The number of benzene rings is 1. The summed E-state index contributed by atoms with van der Waals surface area (Å²) in [5.74, 6) is -0.334. The van der Waals surface area contributed by atoms with Gasteiger partial charge in [0.2, 0.25) is 0 Å². The minimum Gasteiger partial charge on any atom is -0.388 e. The molecule has 5 atom stereocenters. The van der Waals surface area contributed by atoms with Gasteiger partial charge in [-0.2, -0.15) is 8.42 Å². The second kappa shape index (κ2) is 8.98. The third-order valence-corrected chi connectivity index (χ3v) is 6.31. The molecule has 0 aromatic heterocycles. The fraction of sp³-hybridized carbons (Fsp3) is 0.684. The summed E-state index contributed by atoms with van der Waals surface area (Å²) < 4.78 is 41.9. The van der Waals surface area contributed by atoms with Crippen LogP contribution in [0.5, 0.6) is 0 Å². The summed E-state index contributed by atoms with van der Waals surface area (Å²) in [6.45, 7) is 1.61. The highest BCUT2D eigenvalue weighted by Crippen LogP contribution is 2.30. The van der Waals surface area contributed by atoms with Gasteiger partial charge in [0.25, 0.3) is 10.1 Å². The van der Waals surface area contributed by atoms with Gasteiger partial charge in [0.05, 0.1) is 12.2 Å². The molecular formula is C19H28O7S. The van der Waals surface area contributed by atoms with Crippen molar-refractivity contribution in [2.24, 2.45) is 0 Å². The molecule has 1 unspecified atom stereocenters. The SMILES string of the molecule is C[C@@H]1OC(OC2CCCCC2)[C@H](OS(=O)(=O)Cc2ccccc2)[C@H](O)[C@H]1O. The van der Waals surface area contributed by atoms with E-state index in [2.05, 4.69) is 0 Å². The van der Waals surface area contributed by atoms with E-state index < -0.39 is 40.8 Å². The molecule has 7 nitrogen and oxygen atoms in total. The van der Waals surface area contributed by atoms with E-state index in [4.69, 9.17) is 13.7 Å². The quantitative estimate of drug-likeness (QED) is 0.701. The Morgan fingerprint density at radius 1 is 1.07 bits per heavy atom. The summed E-state index contributed by atoms with van der Waals surface area (Å²) >= 11 is 0. The highest BCUT2D eigenvalue weighted by molar-refractivity contribution is 7.85. The van der Waals surface area contributed by atoms with Crippen LogP contribution in [0.3, 0.4) is 0 Å². The molecule has 1 aromatic carbocycles. The predicted molar refractivity (Wildman–Crippen MR) is 98.2 cm³/mol. The molecule has 1 saturated carbocycles. The Morgan fingerprint density at radius 2 is 1.74 bits per heavy atom. The molecule has 1 aliphatic heterocycles. The van der Waals surface area contributed by atoms with Crippen molar-refractivity contribution in [1.29, 1.82) is 0 Å². The van der Waals surface area contributed by atoms with Gasteiger partial charge in [-0.3, -0.25) is 4.18 Å². The Kier molecular flexibility index (Phi) is 6.88. The number of ether oxygens (including phenoxy) is 2. The summed E-state index contributed by atoms with van der Waals surface area (Å²) in [7, 11) is -4.01. The minimum absolute atomic E-state index is 0.0682. The van der Waals surface area contributed by atoms with Gasteiger partial charge >= 0.3 is 0 Å². The number of rotatable bonds is 6. The molecular weight excluding hydrogens is 372 g/mol. The van der Waals surface area contributed by atoms with Gasteiger partial charge in [0, 0.05) is 0 Å². The van der Waals surface area contributed by atoms with Crippen LogP contribution in [0.25, 0.3) is 0 Å². The molecule has 1 aliphatic carbocycles. The molecule has 8 heteroatoms. The number of aliphatic hydroxyl groups is 2. The van der Waals surface area contributed by atoms with E-state index >= 15 is 0 Å². The minimum atomic E-state index is -4.01. The smallest absolute Gasteiger partial charge is 0.272 e. The van der Waals surface area contributed by atoms with Gasteiger partial charge in [0.15, 0.2) is 12.4 Å². The first kappa shape index (κ1) is 20.7. The van der Waals surface area contributed by atoms with Crippen molar-refractivity contribution >= 4 is 10.1 Å². The maximum Gasteiger partial charge on any atom is 0.272 e. The van der Waals surface area contributed by atoms with Gasteiger partial charge in [-0.25, -0.2) is 0 Å². The Hall–Kier alpha value is -1.03. The summed E-state index contributed by atoms with van der Waals surface area (Å²) in [5, 5.41) is 20.6. The molecule has 0 bridgehead atoms. The lowest BCUT2D eigenvalue weighted by molar-refractivity contribution is -0.299. The topological polar surface area (TPSA) is 102 Å². The molecule has 2 fully saturated rings. The number of hydrogen-bond acceptors (Lipinski definition) is 7. The second-order valence-electron chi connectivity index (χ2n) is 7.34. The molecule has 0 spiro atoms. The number of aliphatic hydroxyl groups excluding tert-OH is 2. The van der Waals surface area contributed by atoms with Crippen LogP contribution in [0.1, 0.15) is 44.6 Å². The normalized spacial score (nSPS) is 33.1. The first-order chi connectivity index (χ1) is 12.9. The van der Waals surface area contributed by atoms with Crippen LogP contribution in [0.2, 0.25) is 0 Å². The third kappa shape index (κ3) is 5.49. The van der Waals surface area contributed by atoms with Gasteiger partial charge < -0.3 is 19.7 Å². The maximum absolute atomic E-state index is 12.5. The molecule has 2 N–H and O–H groups in total. The fourth-order valence-electron chi connectivity index (χ4n) is 3.59. The Bertz CT molecular complexity index is 687. The average molecular weight is 400 g/mol. The Balaban J connectivity index is 1.73. The van der Waals surface area contributed by atoms with Crippen LogP contribution in [0.4, 0.5) is 0 Å². The van der Waals surface area contributed by atoms with Crippen molar-refractivity contribution in [2.45, 2.75) is 81.6 Å². The molecule has 152 valence electrons. The Morgan fingerprint density at radius 3 is 2.41 bits per heavy atom. The van der Waals surface area contributed by atoms with Crippen molar-refractivity contribution in [3.63, 3.8) is 0 Å². The van der Waals surface area contributed by atoms with Crippen LogP contribution in [0.15, 0.2) is 30.3 Å². The lowest BCUT2D eigenvalue weighted by atomic mass is 9.97. The van der Waals surface area contributed by atoms with E-state index in [0.717, 1.165) is 32.1 Å². The zero-order valence-corrected chi connectivity index (χ0v) is 16.3. The predicted octanol–water partition coefficient (Wildman–Crippen LogP) is 1.72. The second-order valence-corrected chi connectivity index (χ2v) is 8.93. The van der Waals surface area contributed by atoms with E-state index in [1.54, 1.807) is 37.3 Å². The molecule has 1 saturated heterocycles. The van der Waals surface area contributed by atoms with Gasteiger partial charge in [-0.15, -0.1) is 0 Å². The van der Waals surface area contributed by atoms with Gasteiger partial charge in [-0.05, 0) is 25.3 Å². The van der Waals surface area contributed by atoms with E-state index in [1.807, 2.05) is 0 Å². The highest BCUT2D eigenvalue weighted by Gasteiger charge is 2.47. The first-order valence-electron chi connectivity index (χ1n) is 9.48. The van der Waals surface area contributed by atoms with Gasteiger partial charge in [0.1, 0.15) is 18.0 Å². The largest absolute Gasteiger partial charge is 0.388 e. The Labute approximate surface area is 160 Å². The van der Waals surface area contributed by atoms with Crippen LogP contribution in [0, 0.1) is 0 Å². The lowest BCUT2D eigenvalue weighted by Crippen LogP contribution is -2.59. The van der Waals surface area contributed by atoms with Crippen molar-refractivity contribution in [3.8, 4) is 0 Å². The number of hydrogen-bond donors (Lipinski definition) is 2. The molecule has 1 heterocycles. The zero-order valence-electron chi connectivity index (χ0n) is 15.4. The van der Waals surface area contributed by atoms with Crippen LogP contribution in [-0.4, -0.2) is 55.4 Å². The standard InChI is InChI=1S/C19H28O7S/c1-13-16(20)17(21)18(19(24-13)25-15-10-6-3-7-11-15)26-27(22,23)12-14-8-4-2-5-9-14/h2,4-5,8-9,13,15-21H,3,6-7,10-12H2,1H3/t13-,16-,17+,18+,19?/m0/s1. The van der Waals surface area contributed by atoms with E-state index in [1.165, 1.54) is 0 Å². The third-order valence-electron chi connectivity index (χ3n) is 5.11. The van der Waals surface area contributed by atoms with E-state index in [0.29, 0.717) is 5.56 Å². The highest BCUT2D eigenvalue weighted by atomic mass is 32.2. The summed E-state index contributed by atoms with van der Waals surface area (Å²) in [4.78, 5) is 0. The van der Waals surface area contributed by atoms with Crippen molar-refractivity contribution in [3.05, 3.63) is 35.9 Å². The molecule has 3 rings (SSSR count). The summed E-state index contributed by atoms with van der Waals surface area (Å²) in [5.41, 5.74) is 0.572. The van der Waals surface area contributed by atoms with Crippen LogP contribution < -0.4 is 0 Å². The first-order valence-corrected chi connectivity index (χ1v) is 11.1. The van der Waals surface area contributed by atoms with Crippen molar-refractivity contribution < 1.29 is 32.3 Å². The average Bonchev–Trinajstić information content (AvgIpc) is 2.64. The van der Waals surface area contributed by atoms with Crippen molar-refractivity contribution in [1.82, 2.24) is 0 Å². The maximum atomic E-state index is 12.5. The lowest BCUT2D eigenvalue weighted by Gasteiger charge is -2.42. The zero-order chi connectivity index (χ0) is 19.4. The monoisotopic (exact) mass is 400 g/mol. The van der Waals surface area contributed by atoms with Crippen molar-refractivity contribution in [2.75, 3.05) is 0 Å².